The van der Waals surface area contributed by atoms with Crippen molar-refractivity contribution in [2.75, 3.05) is 5.73 Å². The van der Waals surface area contributed by atoms with Gasteiger partial charge >= 0.3 is 0 Å². The van der Waals surface area contributed by atoms with E-state index >= 15 is 0 Å². The number of nitrogen functional groups attached to an aromatic ring is 1. The second-order valence-electron chi connectivity index (χ2n) is 4.05. The Balaban J connectivity index is 2.30. The fourth-order valence-corrected chi connectivity index (χ4v) is 1.49. The Morgan fingerprint density at radius 2 is 1.71 bits per heavy atom. The maximum absolute atomic E-state index is 13.2. The Hall–Kier alpha value is -2.03. The second-order valence-corrected chi connectivity index (χ2v) is 4.05. The van der Waals surface area contributed by atoms with Crippen LogP contribution in [0.2, 0.25) is 0 Å². The van der Waals surface area contributed by atoms with Crippen molar-refractivity contribution in [2.24, 2.45) is 0 Å². The molecule has 0 unspecified atom stereocenters. The maximum Gasteiger partial charge on any atom is 0.150 e. The number of hydrogen-bond donors (Lipinski definition) is 1. The van der Waals surface area contributed by atoms with Gasteiger partial charge in [-0.2, -0.15) is 0 Å². The molecule has 0 amide bonds. The molecule has 17 heavy (non-hydrogen) atoms. The summed E-state index contributed by atoms with van der Waals surface area (Å²) in [6.45, 7) is 3.68. The summed E-state index contributed by atoms with van der Waals surface area (Å²) in [6, 6.07) is 10.5. The Bertz CT molecular complexity index is 535. The topological polar surface area (TPSA) is 35.2 Å². The molecule has 0 atom stereocenters. The summed E-state index contributed by atoms with van der Waals surface area (Å²) in [5, 5.41) is 0. The minimum atomic E-state index is -0.321. The number of benzene rings is 2. The third-order valence-electron chi connectivity index (χ3n) is 2.54. The van der Waals surface area contributed by atoms with E-state index in [1.54, 1.807) is 13.0 Å². The highest BCUT2D eigenvalue weighted by Gasteiger charge is 2.06. The molecule has 88 valence electrons. The van der Waals surface area contributed by atoms with Crippen molar-refractivity contribution in [2.45, 2.75) is 13.8 Å². The van der Waals surface area contributed by atoms with Crippen LogP contribution in [0.4, 0.5) is 10.1 Å². The molecule has 3 heteroatoms. The highest BCUT2D eigenvalue weighted by atomic mass is 19.1. The monoisotopic (exact) mass is 231 g/mol. The normalized spacial score (nSPS) is 10.3. The molecule has 0 radical (unpaired) electrons. The van der Waals surface area contributed by atoms with Crippen LogP contribution < -0.4 is 10.5 Å². The van der Waals surface area contributed by atoms with Gasteiger partial charge in [0, 0.05) is 6.07 Å². The molecule has 0 fully saturated rings. The highest BCUT2D eigenvalue weighted by molar-refractivity contribution is 5.55. The first-order chi connectivity index (χ1) is 8.06. The van der Waals surface area contributed by atoms with Crippen LogP contribution in [0.1, 0.15) is 11.1 Å². The molecule has 0 spiro atoms. The Morgan fingerprint density at radius 1 is 1.06 bits per heavy atom. The first-order valence-corrected chi connectivity index (χ1v) is 5.36. The predicted octanol–water partition coefficient (Wildman–Crippen LogP) is 3.82. The van der Waals surface area contributed by atoms with E-state index in [1.165, 1.54) is 6.07 Å². The summed E-state index contributed by atoms with van der Waals surface area (Å²) >= 11 is 0. The molecule has 0 aliphatic rings. The molecule has 0 aliphatic carbocycles. The van der Waals surface area contributed by atoms with E-state index in [0.29, 0.717) is 22.7 Å². The van der Waals surface area contributed by atoms with Crippen LogP contribution in [-0.4, -0.2) is 0 Å². The lowest BCUT2D eigenvalue weighted by Gasteiger charge is -2.10. The molecular formula is C14H14FNO. The number of rotatable bonds is 2. The van der Waals surface area contributed by atoms with Crippen molar-refractivity contribution >= 4 is 5.69 Å². The molecule has 2 N–H and O–H groups in total. The summed E-state index contributed by atoms with van der Waals surface area (Å²) in [5.41, 5.74) is 7.67. The number of ether oxygens (including phenoxy) is 1. The molecule has 2 rings (SSSR count). The van der Waals surface area contributed by atoms with Crippen LogP contribution in [-0.2, 0) is 0 Å². The van der Waals surface area contributed by atoms with Gasteiger partial charge in [0.05, 0.1) is 5.69 Å². The van der Waals surface area contributed by atoms with E-state index in [-0.39, 0.29) is 5.82 Å². The molecule has 0 aliphatic heterocycles. The van der Waals surface area contributed by atoms with Gasteiger partial charge in [-0.15, -0.1) is 0 Å². The Morgan fingerprint density at radius 3 is 2.35 bits per heavy atom. The van der Waals surface area contributed by atoms with Gasteiger partial charge in [-0.25, -0.2) is 4.39 Å². The van der Waals surface area contributed by atoms with E-state index in [0.717, 1.165) is 5.56 Å². The predicted molar refractivity (Wildman–Crippen MR) is 66.8 cm³/mol. The molecule has 2 aromatic rings. The average Bonchev–Trinajstić information content (AvgIpc) is 2.29. The summed E-state index contributed by atoms with van der Waals surface area (Å²) in [6.07, 6.45) is 0. The SMILES string of the molecule is Cc1ccc(Oc2cc(C)c(F)cc2N)cc1. The number of aryl methyl sites for hydroxylation is 2. The fraction of sp³-hybridized carbons (Fsp3) is 0.143. The van der Waals surface area contributed by atoms with Gasteiger partial charge in [-0.3, -0.25) is 0 Å². The van der Waals surface area contributed by atoms with Gasteiger partial charge in [-0.05, 0) is 37.6 Å². The zero-order valence-corrected chi connectivity index (χ0v) is 9.83. The molecule has 2 aromatic carbocycles. The van der Waals surface area contributed by atoms with Gasteiger partial charge in [-0.1, -0.05) is 17.7 Å². The Labute approximate surface area is 99.8 Å². The zero-order valence-electron chi connectivity index (χ0n) is 9.83. The van der Waals surface area contributed by atoms with Gasteiger partial charge < -0.3 is 10.5 Å². The van der Waals surface area contributed by atoms with Gasteiger partial charge in [0.25, 0.3) is 0 Å². The van der Waals surface area contributed by atoms with Crippen molar-refractivity contribution in [3.63, 3.8) is 0 Å². The first-order valence-electron chi connectivity index (χ1n) is 5.36. The quantitative estimate of drug-likeness (QED) is 0.797. The van der Waals surface area contributed by atoms with E-state index in [2.05, 4.69) is 0 Å². The first kappa shape index (κ1) is 11.5. The molecule has 0 heterocycles. The van der Waals surface area contributed by atoms with E-state index in [4.69, 9.17) is 10.5 Å². The van der Waals surface area contributed by atoms with Gasteiger partial charge in [0.2, 0.25) is 0 Å². The smallest absolute Gasteiger partial charge is 0.150 e. The van der Waals surface area contributed by atoms with Crippen LogP contribution in [0.3, 0.4) is 0 Å². The summed E-state index contributed by atoms with van der Waals surface area (Å²) in [4.78, 5) is 0. The molecule has 2 nitrogen and oxygen atoms in total. The maximum atomic E-state index is 13.2. The van der Waals surface area contributed by atoms with Crippen LogP contribution in [0.5, 0.6) is 11.5 Å². The highest BCUT2D eigenvalue weighted by Crippen LogP contribution is 2.29. The minimum Gasteiger partial charge on any atom is -0.455 e. The lowest BCUT2D eigenvalue weighted by atomic mass is 10.2. The summed E-state index contributed by atoms with van der Waals surface area (Å²) in [5.74, 6) is 0.847. The minimum absolute atomic E-state index is 0.300. The second kappa shape index (κ2) is 4.45. The van der Waals surface area contributed by atoms with Crippen LogP contribution in [0.25, 0.3) is 0 Å². The molecule has 0 bridgehead atoms. The van der Waals surface area contributed by atoms with Crippen LogP contribution >= 0.6 is 0 Å². The van der Waals surface area contributed by atoms with E-state index in [9.17, 15) is 4.39 Å². The standard InChI is InChI=1S/C14H14FNO/c1-9-3-5-11(6-4-9)17-14-7-10(2)12(15)8-13(14)16/h3-8H,16H2,1-2H3. The van der Waals surface area contributed by atoms with E-state index in [1.807, 2.05) is 31.2 Å². The number of nitrogens with two attached hydrogens (primary N) is 1. The largest absolute Gasteiger partial charge is 0.455 e. The number of halogens is 1. The summed E-state index contributed by atoms with van der Waals surface area (Å²) < 4.78 is 18.8. The fourth-order valence-electron chi connectivity index (χ4n) is 1.49. The van der Waals surface area contributed by atoms with Crippen LogP contribution in [0.15, 0.2) is 36.4 Å². The van der Waals surface area contributed by atoms with Crippen molar-refractivity contribution in [3.05, 3.63) is 53.3 Å². The lowest BCUT2D eigenvalue weighted by molar-refractivity contribution is 0.482. The van der Waals surface area contributed by atoms with Crippen molar-refractivity contribution in [3.8, 4) is 11.5 Å². The molecule has 0 saturated carbocycles. The summed E-state index contributed by atoms with van der Waals surface area (Å²) in [7, 11) is 0. The zero-order chi connectivity index (χ0) is 12.4. The van der Waals surface area contributed by atoms with Crippen molar-refractivity contribution in [1.82, 2.24) is 0 Å². The average molecular weight is 231 g/mol. The third-order valence-corrected chi connectivity index (χ3v) is 2.54. The van der Waals surface area contributed by atoms with Crippen LogP contribution in [0, 0.1) is 19.7 Å². The lowest BCUT2D eigenvalue weighted by Crippen LogP contribution is -1.95. The Kier molecular flexibility index (Phi) is 3.00. The molecule has 0 saturated heterocycles. The van der Waals surface area contributed by atoms with E-state index < -0.39 is 0 Å². The molecule has 0 aromatic heterocycles. The number of hydrogen-bond acceptors (Lipinski definition) is 2. The van der Waals surface area contributed by atoms with Gasteiger partial charge in [0.1, 0.15) is 11.6 Å². The number of anilines is 1. The van der Waals surface area contributed by atoms with Crippen molar-refractivity contribution in [1.29, 1.82) is 0 Å². The van der Waals surface area contributed by atoms with Crippen molar-refractivity contribution < 1.29 is 9.13 Å². The molecular weight excluding hydrogens is 217 g/mol. The third kappa shape index (κ3) is 2.56. The van der Waals surface area contributed by atoms with Gasteiger partial charge in [0.15, 0.2) is 5.75 Å².